The molecule has 0 spiro atoms. The highest BCUT2D eigenvalue weighted by molar-refractivity contribution is 7.26. The number of fused-ring (bicyclic) bond motifs is 6. The van der Waals surface area contributed by atoms with Gasteiger partial charge in [0.05, 0.1) is 5.69 Å². The Morgan fingerprint density at radius 3 is 1.70 bits per heavy atom. The van der Waals surface area contributed by atoms with Gasteiger partial charge in [0.2, 0.25) is 0 Å². The summed E-state index contributed by atoms with van der Waals surface area (Å²) in [5.74, 6) is 0. The van der Waals surface area contributed by atoms with E-state index in [1.54, 1.807) is 0 Å². The summed E-state index contributed by atoms with van der Waals surface area (Å²) in [6.07, 6.45) is 0. The first-order valence-electron chi connectivity index (χ1n) is 15.7. The maximum atomic E-state index is 2.41. The average molecular weight is 604 g/mol. The van der Waals surface area contributed by atoms with Gasteiger partial charge in [0.1, 0.15) is 0 Å². The summed E-state index contributed by atoms with van der Waals surface area (Å²) in [4.78, 5) is 2.41. The summed E-state index contributed by atoms with van der Waals surface area (Å²) in [6.45, 7) is 0. The molecule has 9 rings (SSSR count). The third-order valence-corrected chi connectivity index (χ3v) is 10.3. The molecule has 216 valence electrons. The summed E-state index contributed by atoms with van der Waals surface area (Å²) >= 11 is 1.88. The Bertz CT molecular complexity index is 2510. The Morgan fingerprint density at radius 1 is 0.370 bits per heavy atom. The van der Waals surface area contributed by atoms with Gasteiger partial charge in [-0.2, -0.15) is 0 Å². The quantitative estimate of drug-likeness (QED) is 0.177. The average Bonchev–Trinajstić information content (AvgIpc) is 3.52. The van der Waals surface area contributed by atoms with E-state index in [2.05, 4.69) is 181 Å². The van der Waals surface area contributed by atoms with Gasteiger partial charge in [0.25, 0.3) is 0 Å². The third kappa shape index (κ3) is 4.46. The van der Waals surface area contributed by atoms with Gasteiger partial charge in [-0.3, -0.25) is 0 Å². The molecule has 0 amide bonds. The van der Waals surface area contributed by atoms with E-state index in [9.17, 15) is 0 Å². The largest absolute Gasteiger partial charge is 0.310 e. The molecule has 0 saturated heterocycles. The molecule has 8 aromatic carbocycles. The maximum absolute atomic E-state index is 2.41. The van der Waals surface area contributed by atoms with Crippen LogP contribution in [0.1, 0.15) is 0 Å². The van der Waals surface area contributed by atoms with Crippen LogP contribution in [0.25, 0.3) is 64.0 Å². The Balaban J connectivity index is 1.22. The summed E-state index contributed by atoms with van der Waals surface area (Å²) in [5.41, 5.74) is 8.35. The first kappa shape index (κ1) is 26.7. The van der Waals surface area contributed by atoms with Crippen LogP contribution in [-0.4, -0.2) is 0 Å². The number of thiophene rings is 1. The van der Waals surface area contributed by atoms with Crippen molar-refractivity contribution in [1.29, 1.82) is 0 Å². The van der Waals surface area contributed by atoms with Crippen LogP contribution in [0.5, 0.6) is 0 Å². The van der Waals surface area contributed by atoms with Crippen molar-refractivity contribution in [2.45, 2.75) is 0 Å². The van der Waals surface area contributed by atoms with Crippen molar-refractivity contribution in [3.63, 3.8) is 0 Å². The van der Waals surface area contributed by atoms with Crippen LogP contribution in [0.15, 0.2) is 176 Å². The van der Waals surface area contributed by atoms with Crippen LogP contribution < -0.4 is 4.90 Å². The van der Waals surface area contributed by atoms with E-state index in [-0.39, 0.29) is 0 Å². The minimum atomic E-state index is 1.12. The van der Waals surface area contributed by atoms with Crippen molar-refractivity contribution in [3.05, 3.63) is 176 Å². The van der Waals surface area contributed by atoms with E-state index in [4.69, 9.17) is 0 Å². The second-order valence-corrected chi connectivity index (χ2v) is 12.8. The summed E-state index contributed by atoms with van der Waals surface area (Å²) in [5, 5.41) is 7.64. The van der Waals surface area contributed by atoms with E-state index < -0.39 is 0 Å². The Labute approximate surface area is 272 Å². The number of benzene rings is 8. The number of nitrogens with zero attached hydrogens (tertiary/aromatic N) is 1. The molecule has 0 radical (unpaired) electrons. The summed E-state index contributed by atoms with van der Waals surface area (Å²) < 4.78 is 2.67. The third-order valence-electron chi connectivity index (χ3n) is 9.06. The van der Waals surface area contributed by atoms with Crippen molar-refractivity contribution < 1.29 is 0 Å². The lowest BCUT2D eigenvalue weighted by Gasteiger charge is -2.28. The van der Waals surface area contributed by atoms with Gasteiger partial charge in [0.15, 0.2) is 0 Å². The van der Waals surface area contributed by atoms with Crippen LogP contribution in [0.3, 0.4) is 0 Å². The molecule has 1 nitrogen and oxygen atoms in total. The normalized spacial score (nSPS) is 11.5. The second kappa shape index (κ2) is 11.0. The SMILES string of the molecule is c1ccc(-c2ccc(N(c3ccc(-c4cccc5c4sc4ccccc45)cc3)c3cc4ccccc4c4ccccc34)cc2)cc1. The molecule has 0 fully saturated rings. The fourth-order valence-corrected chi connectivity index (χ4v) is 8.08. The van der Waals surface area contributed by atoms with Crippen molar-refractivity contribution >= 4 is 70.1 Å². The standard InChI is InChI=1S/C44H29NS/c1-2-11-30(12-3-1)31-21-25-34(26-22-31)45(42-29-33-13-4-5-14-36(33)38-15-6-7-16-39(38)42)35-27-23-32(24-28-35)37-18-10-19-41-40-17-8-9-20-43(40)46-44(37)41/h1-29H. The summed E-state index contributed by atoms with van der Waals surface area (Å²) in [6, 6.07) is 63.9. The van der Waals surface area contributed by atoms with Crippen molar-refractivity contribution in [2.75, 3.05) is 4.90 Å². The zero-order valence-electron chi connectivity index (χ0n) is 25.1. The van der Waals surface area contributed by atoms with Gasteiger partial charge in [-0.15, -0.1) is 11.3 Å². The van der Waals surface area contributed by atoms with Crippen LogP contribution in [-0.2, 0) is 0 Å². The van der Waals surface area contributed by atoms with E-state index in [1.165, 1.54) is 69.7 Å². The van der Waals surface area contributed by atoms with Crippen LogP contribution in [0.2, 0.25) is 0 Å². The fourth-order valence-electron chi connectivity index (χ4n) is 6.84. The van der Waals surface area contributed by atoms with Gasteiger partial charge in [-0.05, 0) is 74.8 Å². The lowest BCUT2D eigenvalue weighted by molar-refractivity contribution is 1.30. The highest BCUT2D eigenvalue weighted by Crippen LogP contribution is 2.44. The van der Waals surface area contributed by atoms with Crippen LogP contribution in [0.4, 0.5) is 17.1 Å². The monoisotopic (exact) mass is 603 g/mol. The molecule has 1 heterocycles. The van der Waals surface area contributed by atoms with Crippen molar-refractivity contribution in [1.82, 2.24) is 0 Å². The molecule has 0 bridgehead atoms. The predicted molar refractivity (Wildman–Crippen MR) is 200 cm³/mol. The number of hydrogen-bond acceptors (Lipinski definition) is 2. The first-order chi connectivity index (χ1) is 22.8. The lowest BCUT2D eigenvalue weighted by atomic mass is 9.98. The molecule has 0 saturated carbocycles. The minimum Gasteiger partial charge on any atom is -0.310 e. The van der Waals surface area contributed by atoms with Gasteiger partial charge in [-0.25, -0.2) is 0 Å². The van der Waals surface area contributed by atoms with Crippen molar-refractivity contribution in [3.8, 4) is 22.3 Å². The minimum absolute atomic E-state index is 1.12. The molecular weight excluding hydrogens is 575 g/mol. The highest BCUT2D eigenvalue weighted by Gasteiger charge is 2.18. The van der Waals surface area contributed by atoms with E-state index in [0.29, 0.717) is 0 Å². The number of anilines is 3. The fraction of sp³-hybridized carbons (Fsp3) is 0. The second-order valence-electron chi connectivity index (χ2n) is 11.7. The zero-order chi connectivity index (χ0) is 30.5. The molecule has 2 heteroatoms. The number of rotatable bonds is 5. The molecule has 0 aliphatic heterocycles. The molecule has 0 unspecified atom stereocenters. The van der Waals surface area contributed by atoms with Crippen LogP contribution >= 0.6 is 11.3 Å². The summed E-state index contributed by atoms with van der Waals surface area (Å²) in [7, 11) is 0. The van der Waals surface area contributed by atoms with Gasteiger partial charge in [0, 0.05) is 36.9 Å². The molecule has 0 atom stereocenters. The molecule has 0 aliphatic rings. The molecule has 0 N–H and O–H groups in total. The molecule has 46 heavy (non-hydrogen) atoms. The van der Waals surface area contributed by atoms with E-state index in [0.717, 1.165) is 11.4 Å². The van der Waals surface area contributed by atoms with Crippen LogP contribution in [0, 0.1) is 0 Å². The molecule has 1 aromatic heterocycles. The van der Waals surface area contributed by atoms with E-state index in [1.807, 2.05) is 11.3 Å². The smallest absolute Gasteiger partial charge is 0.0546 e. The zero-order valence-corrected chi connectivity index (χ0v) is 25.9. The Kier molecular flexibility index (Phi) is 6.40. The molecule has 0 aliphatic carbocycles. The van der Waals surface area contributed by atoms with Crippen molar-refractivity contribution in [2.24, 2.45) is 0 Å². The first-order valence-corrected chi connectivity index (χ1v) is 16.5. The topological polar surface area (TPSA) is 3.24 Å². The van der Waals surface area contributed by atoms with Gasteiger partial charge in [-0.1, -0.05) is 140 Å². The Morgan fingerprint density at radius 2 is 0.935 bits per heavy atom. The molecule has 9 aromatic rings. The predicted octanol–water partition coefficient (Wildman–Crippen LogP) is 13.2. The highest BCUT2D eigenvalue weighted by atomic mass is 32.1. The van der Waals surface area contributed by atoms with E-state index >= 15 is 0 Å². The van der Waals surface area contributed by atoms with Gasteiger partial charge >= 0.3 is 0 Å². The Hall–Kier alpha value is -5.70. The van der Waals surface area contributed by atoms with Gasteiger partial charge < -0.3 is 4.90 Å². The molecular formula is C44H29NS. The number of hydrogen-bond donors (Lipinski definition) is 0. The maximum Gasteiger partial charge on any atom is 0.0546 e. The lowest BCUT2D eigenvalue weighted by Crippen LogP contribution is -2.10.